The number of hydrogen-bond acceptors (Lipinski definition) is 4. The van der Waals surface area contributed by atoms with Gasteiger partial charge >= 0.3 is 0 Å². The number of rotatable bonds is 3. The minimum Gasteiger partial charge on any atom is -0.324 e. The predicted octanol–water partition coefficient (Wildman–Crippen LogP) is 2.81. The van der Waals surface area contributed by atoms with Gasteiger partial charge in [0.2, 0.25) is 11.8 Å². The van der Waals surface area contributed by atoms with Crippen LogP contribution in [0.3, 0.4) is 0 Å². The van der Waals surface area contributed by atoms with Crippen LogP contribution < -0.4 is 15.4 Å². The molecule has 2 amide bonds. The number of anilines is 3. The average Bonchev–Trinajstić information content (AvgIpc) is 2.67. The molecule has 1 aliphatic heterocycles. The van der Waals surface area contributed by atoms with Gasteiger partial charge in [0, 0.05) is 5.02 Å². The fourth-order valence-corrected chi connectivity index (χ4v) is 3.53. The van der Waals surface area contributed by atoms with Crippen molar-refractivity contribution in [2.45, 2.75) is 11.8 Å². The molecule has 2 aromatic carbocycles. The van der Waals surface area contributed by atoms with Crippen molar-refractivity contribution in [2.75, 3.05) is 15.4 Å². The van der Waals surface area contributed by atoms with Crippen LogP contribution in [-0.2, 0) is 19.6 Å². The summed E-state index contributed by atoms with van der Waals surface area (Å²) in [6.45, 7) is 1.43. The van der Waals surface area contributed by atoms with Gasteiger partial charge in [0.25, 0.3) is 10.0 Å². The van der Waals surface area contributed by atoms with Crippen LogP contribution in [0.4, 0.5) is 21.5 Å². The van der Waals surface area contributed by atoms with Gasteiger partial charge in [-0.25, -0.2) is 12.8 Å². The highest BCUT2D eigenvalue weighted by molar-refractivity contribution is 7.92. The molecule has 136 valence electrons. The summed E-state index contributed by atoms with van der Waals surface area (Å²) in [5, 5.41) is 5.15. The molecule has 0 fully saturated rings. The van der Waals surface area contributed by atoms with E-state index in [1.54, 1.807) is 0 Å². The summed E-state index contributed by atoms with van der Waals surface area (Å²) in [6.07, 6.45) is 0. The van der Waals surface area contributed by atoms with Gasteiger partial charge in [0.1, 0.15) is 11.7 Å². The summed E-state index contributed by atoms with van der Waals surface area (Å²) in [7, 11) is -4.14. The largest absolute Gasteiger partial charge is 0.324 e. The summed E-state index contributed by atoms with van der Waals surface area (Å²) >= 11 is 5.65. The zero-order chi connectivity index (χ0) is 19.1. The van der Waals surface area contributed by atoms with Crippen LogP contribution in [-0.4, -0.2) is 20.2 Å². The van der Waals surface area contributed by atoms with E-state index in [2.05, 4.69) is 15.4 Å². The number of nitrogens with one attached hydrogen (secondary N) is 3. The van der Waals surface area contributed by atoms with Gasteiger partial charge in [0.15, 0.2) is 0 Å². The second kappa shape index (κ2) is 6.58. The molecule has 0 aliphatic carbocycles. The third-order valence-electron chi connectivity index (χ3n) is 3.78. The van der Waals surface area contributed by atoms with Crippen LogP contribution in [0.25, 0.3) is 0 Å². The predicted molar refractivity (Wildman–Crippen MR) is 95.1 cm³/mol. The van der Waals surface area contributed by atoms with E-state index < -0.39 is 33.6 Å². The number of fused-ring (bicyclic) bond motifs is 1. The maximum atomic E-state index is 13.8. The molecule has 0 spiro atoms. The molecule has 1 aliphatic rings. The van der Waals surface area contributed by atoms with E-state index in [0.29, 0.717) is 0 Å². The summed E-state index contributed by atoms with van der Waals surface area (Å²) in [5.41, 5.74) is 0.131. The molecule has 3 N–H and O–H groups in total. The molecule has 2 aromatic rings. The first-order chi connectivity index (χ1) is 12.2. The van der Waals surface area contributed by atoms with Crippen LogP contribution in [0.5, 0.6) is 0 Å². The lowest BCUT2D eigenvalue weighted by Crippen LogP contribution is -2.28. The summed E-state index contributed by atoms with van der Waals surface area (Å²) in [4.78, 5) is 23.5. The van der Waals surface area contributed by atoms with Gasteiger partial charge in [-0.3, -0.25) is 14.3 Å². The highest BCUT2D eigenvalue weighted by atomic mass is 35.5. The molecule has 0 saturated heterocycles. The zero-order valence-electron chi connectivity index (χ0n) is 13.3. The van der Waals surface area contributed by atoms with Crippen LogP contribution >= 0.6 is 11.6 Å². The molecule has 26 heavy (non-hydrogen) atoms. The van der Waals surface area contributed by atoms with Crippen molar-refractivity contribution < 1.29 is 22.4 Å². The average molecular weight is 398 g/mol. The summed E-state index contributed by atoms with van der Waals surface area (Å²) in [6, 6.07) is 7.28. The molecule has 1 heterocycles. The number of sulfonamides is 1. The van der Waals surface area contributed by atoms with E-state index in [1.807, 2.05) is 0 Å². The third kappa shape index (κ3) is 3.49. The number of benzene rings is 2. The van der Waals surface area contributed by atoms with E-state index in [9.17, 15) is 22.4 Å². The van der Waals surface area contributed by atoms with Crippen molar-refractivity contribution >= 4 is 50.5 Å². The van der Waals surface area contributed by atoms with E-state index in [1.165, 1.54) is 37.3 Å². The Hall–Kier alpha value is -2.65. The smallest absolute Gasteiger partial charge is 0.262 e. The van der Waals surface area contributed by atoms with Crippen LogP contribution in [0.15, 0.2) is 41.3 Å². The lowest BCUT2D eigenvalue weighted by molar-refractivity contribution is -0.128. The van der Waals surface area contributed by atoms with E-state index in [4.69, 9.17) is 11.6 Å². The molecule has 0 aromatic heterocycles. The minimum absolute atomic E-state index is 0.128. The third-order valence-corrected chi connectivity index (χ3v) is 5.38. The van der Waals surface area contributed by atoms with Gasteiger partial charge < -0.3 is 10.6 Å². The molecule has 10 heteroatoms. The van der Waals surface area contributed by atoms with Crippen molar-refractivity contribution in [3.63, 3.8) is 0 Å². The van der Waals surface area contributed by atoms with Gasteiger partial charge in [-0.05, 0) is 43.3 Å². The second-order valence-corrected chi connectivity index (χ2v) is 7.76. The highest BCUT2D eigenvalue weighted by Gasteiger charge is 2.28. The quantitative estimate of drug-likeness (QED) is 0.692. The number of halogens is 2. The van der Waals surface area contributed by atoms with Gasteiger partial charge in [-0.1, -0.05) is 11.6 Å². The topological polar surface area (TPSA) is 104 Å². The van der Waals surface area contributed by atoms with Gasteiger partial charge in [0.05, 0.1) is 22.0 Å². The Morgan fingerprint density at radius 3 is 2.35 bits per heavy atom. The van der Waals surface area contributed by atoms with Crippen molar-refractivity contribution in [3.8, 4) is 0 Å². The summed E-state index contributed by atoms with van der Waals surface area (Å²) < 4.78 is 41.0. The Morgan fingerprint density at radius 2 is 1.69 bits per heavy atom. The number of hydrogen-bond donors (Lipinski definition) is 3. The maximum absolute atomic E-state index is 13.8. The van der Waals surface area contributed by atoms with Crippen LogP contribution in [0.1, 0.15) is 6.92 Å². The first kappa shape index (κ1) is 18.2. The summed E-state index contributed by atoms with van der Waals surface area (Å²) in [5.74, 6) is -2.82. The molecule has 0 saturated carbocycles. The Morgan fingerprint density at radius 1 is 1.04 bits per heavy atom. The molecule has 3 rings (SSSR count). The molecular weight excluding hydrogens is 385 g/mol. The maximum Gasteiger partial charge on any atom is 0.262 e. The Balaban J connectivity index is 1.96. The first-order valence-corrected chi connectivity index (χ1v) is 9.27. The first-order valence-electron chi connectivity index (χ1n) is 7.41. The minimum atomic E-state index is -4.14. The van der Waals surface area contributed by atoms with Gasteiger partial charge in [-0.15, -0.1) is 0 Å². The molecule has 1 atom stereocenters. The number of amides is 2. The Kier molecular flexibility index (Phi) is 4.59. The van der Waals surface area contributed by atoms with Crippen LogP contribution in [0, 0.1) is 11.7 Å². The molecule has 0 radical (unpaired) electrons. The monoisotopic (exact) mass is 397 g/mol. The van der Waals surface area contributed by atoms with Crippen molar-refractivity contribution in [1.82, 2.24) is 0 Å². The molecular formula is C16H13ClFN3O4S. The van der Waals surface area contributed by atoms with Crippen LogP contribution in [0.2, 0.25) is 5.02 Å². The number of carbonyl (C=O) groups is 2. The normalized spacial score (nSPS) is 17.0. The fraction of sp³-hybridized carbons (Fsp3) is 0.125. The van der Waals surface area contributed by atoms with Gasteiger partial charge in [-0.2, -0.15) is 0 Å². The second-order valence-electron chi connectivity index (χ2n) is 5.64. The standard InChI is InChI=1S/C16H13ClFN3O4S/c1-8-15(22)19-13-5-3-10(7-14(13)20-16(8)23)26(24,25)21-12-4-2-9(17)6-11(12)18/h2-8,21H,1H3,(H,19,22)(H,20,23)/t8-/m1/s1. The van der Waals surface area contributed by atoms with Crippen molar-refractivity contribution in [2.24, 2.45) is 5.92 Å². The molecule has 0 bridgehead atoms. The van der Waals surface area contributed by atoms with E-state index >= 15 is 0 Å². The van der Waals surface area contributed by atoms with E-state index in [-0.39, 0.29) is 27.0 Å². The molecule has 0 unspecified atom stereocenters. The zero-order valence-corrected chi connectivity index (χ0v) is 14.9. The lowest BCUT2D eigenvalue weighted by atomic mass is 10.1. The van der Waals surface area contributed by atoms with Crippen molar-refractivity contribution in [1.29, 1.82) is 0 Å². The molecule has 7 nitrogen and oxygen atoms in total. The van der Waals surface area contributed by atoms with E-state index in [0.717, 1.165) is 6.07 Å². The fourth-order valence-electron chi connectivity index (χ4n) is 2.28. The highest BCUT2D eigenvalue weighted by Crippen LogP contribution is 2.30. The Bertz CT molecular complexity index is 1030. The number of carbonyl (C=O) groups excluding carboxylic acids is 2. The SMILES string of the molecule is C[C@@H]1C(=O)Nc2ccc(S(=O)(=O)Nc3ccc(Cl)cc3F)cc2NC1=O. The lowest BCUT2D eigenvalue weighted by Gasteiger charge is -2.12. The van der Waals surface area contributed by atoms with Crippen molar-refractivity contribution in [3.05, 3.63) is 47.2 Å². The Labute approximate surface area is 153 Å².